The van der Waals surface area contributed by atoms with Crippen molar-refractivity contribution in [3.8, 4) is 11.5 Å². The summed E-state index contributed by atoms with van der Waals surface area (Å²) in [6.07, 6.45) is 2.29. The normalized spacial score (nSPS) is 10.6. The molecule has 0 saturated heterocycles. The molecule has 0 spiro atoms. The predicted molar refractivity (Wildman–Crippen MR) is 62.0 cm³/mol. The number of nitrogens with zero attached hydrogens (tertiary/aromatic N) is 1. The van der Waals surface area contributed by atoms with Crippen molar-refractivity contribution < 1.29 is 14.9 Å². The average Bonchev–Trinajstić information content (AvgIpc) is 2.31. The van der Waals surface area contributed by atoms with Crippen LogP contribution in [0.5, 0.6) is 11.5 Å². The molecule has 0 aliphatic carbocycles. The molecule has 16 heavy (non-hydrogen) atoms. The Labute approximate surface area is 94.4 Å². The summed E-state index contributed by atoms with van der Waals surface area (Å²) >= 11 is 0. The highest BCUT2D eigenvalue weighted by molar-refractivity contribution is 5.80. The smallest absolute Gasteiger partial charge is 0.161 e. The van der Waals surface area contributed by atoms with Gasteiger partial charge in [-0.15, -0.1) is 0 Å². The molecule has 0 heterocycles. The lowest BCUT2D eigenvalue weighted by Crippen LogP contribution is -2.09. The van der Waals surface area contributed by atoms with Gasteiger partial charge >= 0.3 is 0 Å². The lowest BCUT2D eigenvalue weighted by Gasteiger charge is -2.03. The first-order chi connectivity index (χ1) is 7.77. The quantitative estimate of drug-likeness (QED) is 0.378. The van der Waals surface area contributed by atoms with Gasteiger partial charge in [0.15, 0.2) is 11.5 Å². The molecule has 0 saturated carbocycles. The molecule has 5 nitrogen and oxygen atoms in total. The van der Waals surface area contributed by atoms with Crippen LogP contribution in [0.2, 0.25) is 0 Å². The minimum Gasteiger partial charge on any atom is -0.504 e. The second kappa shape index (κ2) is 6.68. The lowest BCUT2D eigenvalue weighted by atomic mass is 10.2. The fourth-order valence-corrected chi connectivity index (χ4v) is 1.12. The summed E-state index contributed by atoms with van der Waals surface area (Å²) in [7, 11) is 1.50. The zero-order valence-electron chi connectivity index (χ0n) is 9.18. The predicted octanol–water partition coefficient (Wildman–Crippen LogP) is 0.707. The van der Waals surface area contributed by atoms with Crippen molar-refractivity contribution in [1.82, 2.24) is 5.43 Å². The van der Waals surface area contributed by atoms with Crippen LogP contribution in [-0.4, -0.2) is 36.7 Å². The maximum atomic E-state index is 9.36. The van der Waals surface area contributed by atoms with Crippen LogP contribution >= 0.6 is 0 Å². The van der Waals surface area contributed by atoms with E-state index in [0.29, 0.717) is 18.7 Å². The number of phenolic OH excluding ortho intramolecular Hbond substituents is 1. The number of aromatic hydroxyl groups is 1. The Morgan fingerprint density at radius 2 is 2.31 bits per heavy atom. The Kier molecular flexibility index (Phi) is 5.15. The van der Waals surface area contributed by atoms with Crippen molar-refractivity contribution in [3.63, 3.8) is 0 Å². The number of aliphatic hydroxyl groups is 1. The monoisotopic (exact) mass is 224 g/mol. The molecule has 1 rings (SSSR count). The van der Waals surface area contributed by atoms with E-state index in [1.807, 2.05) is 0 Å². The molecule has 0 atom stereocenters. The average molecular weight is 224 g/mol. The maximum absolute atomic E-state index is 9.36. The Hall–Kier alpha value is -1.75. The number of rotatable bonds is 6. The Bertz CT molecular complexity index is 353. The van der Waals surface area contributed by atoms with Crippen LogP contribution in [0.4, 0.5) is 0 Å². The Balaban J connectivity index is 2.53. The zero-order chi connectivity index (χ0) is 11.8. The summed E-state index contributed by atoms with van der Waals surface area (Å²) in [4.78, 5) is 0. The van der Waals surface area contributed by atoms with Crippen LogP contribution in [0.1, 0.15) is 12.0 Å². The molecule has 5 heteroatoms. The second-order valence-electron chi connectivity index (χ2n) is 3.17. The molecular weight excluding hydrogens is 208 g/mol. The van der Waals surface area contributed by atoms with Gasteiger partial charge in [0.25, 0.3) is 0 Å². The molecule has 0 aliphatic heterocycles. The lowest BCUT2D eigenvalue weighted by molar-refractivity contribution is 0.286. The van der Waals surface area contributed by atoms with Gasteiger partial charge in [-0.25, -0.2) is 0 Å². The summed E-state index contributed by atoms with van der Waals surface area (Å²) < 4.78 is 4.97. The van der Waals surface area contributed by atoms with Gasteiger partial charge in [-0.2, -0.15) is 5.10 Å². The van der Waals surface area contributed by atoms with E-state index in [4.69, 9.17) is 9.84 Å². The topological polar surface area (TPSA) is 74.1 Å². The minimum absolute atomic E-state index is 0.105. The number of ether oxygens (including phenoxy) is 1. The number of hydrazone groups is 1. The van der Waals surface area contributed by atoms with E-state index < -0.39 is 0 Å². The molecular formula is C11H16N2O3. The molecule has 1 aromatic rings. The van der Waals surface area contributed by atoms with Crippen LogP contribution in [0.15, 0.2) is 23.3 Å². The van der Waals surface area contributed by atoms with Gasteiger partial charge in [0, 0.05) is 13.2 Å². The number of benzene rings is 1. The summed E-state index contributed by atoms with van der Waals surface area (Å²) in [5.74, 6) is 0.521. The van der Waals surface area contributed by atoms with Crippen LogP contribution in [0.25, 0.3) is 0 Å². The van der Waals surface area contributed by atoms with Crippen LogP contribution in [0, 0.1) is 0 Å². The third-order valence-electron chi connectivity index (χ3n) is 1.96. The maximum Gasteiger partial charge on any atom is 0.161 e. The van der Waals surface area contributed by atoms with Crippen molar-refractivity contribution in [1.29, 1.82) is 0 Å². The van der Waals surface area contributed by atoms with E-state index in [1.165, 1.54) is 7.11 Å². The van der Waals surface area contributed by atoms with Crippen LogP contribution < -0.4 is 10.2 Å². The molecule has 0 radical (unpaired) electrons. The number of nitrogens with one attached hydrogen (secondary N) is 1. The van der Waals surface area contributed by atoms with E-state index >= 15 is 0 Å². The first-order valence-corrected chi connectivity index (χ1v) is 5.01. The van der Waals surface area contributed by atoms with Gasteiger partial charge in [0.2, 0.25) is 0 Å². The number of hydrogen-bond donors (Lipinski definition) is 3. The number of hydrogen-bond acceptors (Lipinski definition) is 5. The van der Waals surface area contributed by atoms with E-state index in [9.17, 15) is 5.11 Å². The number of aliphatic hydroxyl groups excluding tert-OH is 1. The Morgan fingerprint density at radius 3 is 3.00 bits per heavy atom. The zero-order valence-corrected chi connectivity index (χ0v) is 9.18. The van der Waals surface area contributed by atoms with Gasteiger partial charge in [0.1, 0.15) is 0 Å². The van der Waals surface area contributed by atoms with Crippen molar-refractivity contribution in [2.24, 2.45) is 5.10 Å². The Morgan fingerprint density at radius 1 is 1.50 bits per heavy atom. The highest BCUT2D eigenvalue weighted by atomic mass is 16.5. The molecule has 0 amide bonds. The van der Waals surface area contributed by atoms with Crippen molar-refractivity contribution in [2.75, 3.05) is 20.3 Å². The van der Waals surface area contributed by atoms with Crippen LogP contribution in [0.3, 0.4) is 0 Å². The van der Waals surface area contributed by atoms with Crippen LogP contribution in [-0.2, 0) is 0 Å². The first-order valence-electron chi connectivity index (χ1n) is 5.01. The summed E-state index contributed by atoms with van der Waals surface area (Å²) in [6.45, 7) is 0.776. The van der Waals surface area contributed by atoms with E-state index in [1.54, 1.807) is 24.4 Å². The summed E-state index contributed by atoms with van der Waals surface area (Å²) in [5.41, 5.74) is 3.62. The van der Waals surface area contributed by atoms with Crippen molar-refractivity contribution in [3.05, 3.63) is 23.8 Å². The van der Waals surface area contributed by atoms with E-state index in [2.05, 4.69) is 10.5 Å². The fraction of sp³-hybridized carbons (Fsp3) is 0.364. The highest BCUT2D eigenvalue weighted by Gasteiger charge is 2.00. The SMILES string of the molecule is COc1cc(/C=N/NCCCO)ccc1O. The second-order valence-corrected chi connectivity index (χ2v) is 3.17. The van der Waals surface area contributed by atoms with Gasteiger partial charge in [0.05, 0.1) is 13.3 Å². The highest BCUT2D eigenvalue weighted by Crippen LogP contribution is 2.25. The minimum atomic E-state index is 0.105. The van der Waals surface area contributed by atoms with Crippen molar-refractivity contribution >= 4 is 6.21 Å². The standard InChI is InChI=1S/C11H16N2O3/c1-16-11-7-9(3-4-10(11)15)8-13-12-5-2-6-14/h3-4,7-8,12,14-15H,2,5-6H2,1H3/b13-8+. The molecule has 0 fully saturated rings. The van der Waals surface area contributed by atoms with Gasteiger partial charge in [-0.05, 0) is 30.2 Å². The van der Waals surface area contributed by atoms with Crippen molar-refractivity contribution in [2.45, 2.75) is 6.42 Å². The molecule has 88 valence electrons. The number of methoxy groups -OCH3 is 1. The third-order valence-corrected chi connectivity index (χ3v) is 1.96. The van der Waals surface area contributed by atoms with E-state index in [-0.39, 0.29) is 12.4 Å². The molecule has 0 unspecified atom stereocenters. The first kappa shape index (κ1) is 12.3. The molecule has 0 bridgehead atoms. The largest absolute Gasteiger partial charge is 0.504 e. The fourth-order valence-electron chi connectivity index (χ4n) is 1.12. The summed E-state index contributed by atoms with van der Waals surface area (Å²) in [6, 6.07) is 4.97. The van der Waals surface area contributed by atoms with E-state index in [0.717, 1.165) is 5.56 Å². The summed E-state index contributed by atoms with van der Waals surface area (Å²) in [5, 5.41) is 21.9. The molecule has 1 aromatic carbocycles. The third kappa shape index (κ3) is 3.78. The van der Waals surface area contributed by atoms with Gasteiger partial charge in [-0.3, -0.25) is 0 Å². The van der Waals surface area contributed by atoms with Gasteiger partial charge in [-0.1, -0.05) is 0 Å². The number of phenols is 1. The molecule has 3 N–H and O–H groups in total. The molecule has 0 aromatic heterocycles. The molecule has 0 aliphatic rings. The van der Waals surface area contributed by atoms with Gasteiger partial charge < -0.3 is 20.4 Å².